The number of phosphoric acid groups is 2. The van der Waals surface area contributed by atoms with Gasteiger partial charge in [0.2, 0.25) is 0 Å². The highest BCUT2D eigenvalue weighted by Crippen LogP contribution is 2.45. The molecular weight excluding hydrogens is 1130 g/mol. The summed E-state index contributed by atoms with van der Waals surface area (Å²) in [5.41, 5.74) is 0. The van der Waals surface area contributed by atoms with Crippen molar-refractivity contribution in [3.05, 3.63) is 0 Å². The fraction of sp³-hybridized carbons (Fsp3) is 0.939. The van der Waals surface area contributed by atoms with Crippen LogP contribution in [-0.4, -0.2) is 96.7 Å². The highest BCUT2D eigenvalue weighted by Gasteiger charge is 2.30. The molecule has 6 atom stereocenters. The first-order chi connectivity index (χ1) is 41.1. The first kappa shape index (κ1) is 83.1. The van der Waals surface area contributed by atoms with Gasteiger partial charge in [0.25, 0.3) is 0 Å². The molecule has 0 aliphatic rings. The van der Waals surface area contributed by atoms with Crippen molar-refractivity contribution in [2.75, 3.05) is 39.6 Å². The van der Waals surface area contributed by atoms with E-state index in [0.717, 1.165) is 109 Å². The summed E-state index contributed by atoms with van der Waals surface area (Å²) in [4.78, 5) is 72.2. The Morgan fingerprint density at radius 3 is 0.835 bits per heavy atom. The summed E-state index contributed by atoms with van der Waals surface area (Å²) < 4.78 is 68.0. The average molecular weight is 1260 g/mol. The van der Waals surface area contributed by atoms with Gasteiger partial charge in [0, 0.05) is 25.7 Å². The number of phosphoric ester groups is 2. The van der Waals surface area contributed by atoms with Crippen LogP contribution >= 0.6 is 15.6 Å². The van der Waals surface area contributed by atoms with Crippen LogP contribution < -0.4 is 0 Å². The maximum Gasteiger partial charge on any atom is 0.472 e. The molecule has 0 bridgehead atoms. The molecule has 3 N–H and O–H groups in total. The number of unbranched alkanes of at least 4 members (excludes halogenated alkanes) is 37. The molecule has 0 aromatic carbocycles. The molecule has 85 heavy (non-hydrogen) atoms. The van der Waals surface area contributed by atoms with Crippen LogP contribution in [0, 0.1) is 5.92 Å². The highest BCUT2D eigenvalue weighted by atomic mass is 31.2. The molecule has 17 nitrogen and oxygen atoms in total. The number of carbonyl (C=O) groups excluding carboxylic acids is 4. The van der Waals surface area contributed by atoms with Gasteiger partial charge < -0.3 is 33.8 Å². The van der Waals surface area contributed by atoms with Gasteiger partial charge in [-0.25, -0.2) is 9.13 Å². The Labute approximate surface area is 517 Å². The standard InChI is InChI=1S/C66H128O17P2/c1-6-10-13-16-19-21-23-24-25-26-27-28-30-32-35-41-46-51-65(70)82-61(56-77-64(69)50-45-40-34-31-29-22-20-17-14-11-7-2)57-80-84(72,73)78-53-60(67)54-79-85(74,75)81-58-62(55-76-63(68)49-44-39-33-18-15-12-8-3)83-66(71)52-47-42-37-36-38-43-48-59(5)9-4/h59-62,67H,6-58H2,1-5H3,(H,72,73)(H,74,75)/t59?,60-,61-,62-/m1/s1. The lowest BCUT2D eigenvalue weighted by Crippen LogP contribution is -2.30. The predicted octanol–water partition coefficient (Wildman–Crippen LogP) is 18.6. The van der Waals surface area contributed by atoms with E-state index in [4.69, 9.17) is 37.0 Å². The van der Waals surface area contributed by atoms with Crippen LogP contribution in [0.5, 0.6) is 0 Å². The Hall–Kier alpha value is -1.94. The molecule has 0 aliphatic heterocycles. The number of rotatable bonds is 66. The van der Waals surface area contributed by atoms with Crippen molar-refractivity contribution in [1.29, 1.82) is 0 Å². The summed E-state index contributed by atoms with van der Waals surface area (Å²) in [6.07, 6.45) is 44.6. The van der Waals surface area contributed by atoms with Crippen LogP contribution in [0.2, 0.25) is 0 Å². The van der Waals surface area contributed by atoms with Gasteiger partial charge in [-0.05, 0) is 31.6 Å². The van der Waals surface area contributed by atoms with Crippen LogP contribution in [0.25, 0.3) is 0 Å². The van der Waals surface area contributed by atoms with Crippen molar-refractivity contribution in [1.82, 2.24) is 0 Å². The minimum Gasteiger partial charge on any atom is -0.462 e. The summed E-state index contributed by atoms with van der Waals surface area (Å²) in [5, 5.41) is 10.5. The van der Waals surface area contributed by atoms with Crippen LogP contribution in [0.4, 0.5) is 0 Å². The number of carbonyl (C=O) groups is 4. The molecule has 0 saturated heterocycles. The van der Waals surface area contributed by atoms with Gasteiger partial charge in [0.15, 0.2) is 12.2 Å². The maximum absolute atomic E-state index is 13.0. The first-order valence-corrected chi connectivity index (χ1v) is 37.7. The smallest absolute Gasteiger partial charge is 0.462 e. The van der Waals surface area contributed by atoms with Gasteiger partial charge in [-0.3, -0.25) is 37.3 Å². The van der Waals surface area contributed by atoms with Crippen molar-refractivity contribution < 1.29 is 80.2 Å². The van der Waals surface area contributed by atoms with Gasteiger partial charge in [-0.15, -0.1) is 0 Å². The number of hydrogen-bond donors (Lipinski definition) is 3. The summed E-state index contributed by atoms with van der Waals surface area (Å²) in [6.45, 7) is 7.12. The van der Waals surface area contributed by atoms with Gasteiger partial charge in [-0.2, -0.15) is 0 Å². The van der Waals surface area contributed by atoms with Crippen molar-refractivity contribution in [3.63, 3.8) is 0 Å². The van der Waals surface area contributed by atoms with E-state index < -0.39 is 97.5 Å². The minimum atomic E-state index is -4.95. The Kier molecular flexibility index (Phi) is 58.3. The van der Waals surface area contributed by atoms with E-state index in [-0.39, 0.29) is 25.7 Å². The molecule has 0 amide bonds. The fourth-order valence-electron chi connectivity index (χ4n) is 9.90. The van der Waals surface area contributed by atoms with E-state index in [9.17, 15) is 43.2 Å². The van der Waals surface area contributed by atoms with E-state index in [2.05, 4.69) is 34.6 Å². The minimum absolute atomic E-state index is 0.103. The molecule has 0 rings (SSSR count). The summed E-state index contributed by atoms with van der Waals surface area (Å²) in [7, 11) is -9.88. The van der Waals surface area contributed by atoms with Crippen molar-refractivity contribution in [2.24, 2.45) is 5.92 Å². The van der Waals surface area contributed by atoms with Gasteiger partial charge in [-0.1, -0.05) is 285 Å². The zero-order valence-electron chi connectivity index (χ0n) is 54.7. The largest absolute Gasteiger partial charge is 0.472 e. The lowest BCUT2D eigenvalue weighted by Gasteiger charge is -2.21. The lowest BCUT2D eigenvalue weighted by atomic mass is 10.00. The Morgan fingerprint density at radius 2 is 0.565 bits per heavy atom. The normalized spacial score (nSPS) is 14.5. The molecular formula is C66H128O17P2. The molecule has 0 fully saturated rings. The van der Waals surface area contributed by atoms with Crippen LogP contribution in [0.3, 0.4) is 0 Å². The van der Waals surface area contributed by atoms with Crippen molar-refractivity contribution in [3.8, 4) is 0 Å². The second-order valence-corrected chi connectivity index (χ2v) is 27.0. The van der Waals surface area contributed by atoms with E-state index in [1.165, 1.54) is 148 Å². The molecule has 504 valence electrons. The molecule has 0 radical (unpaired) electrons. The third-order valence-electron chi connectivity index (χ3n) is 15.6. The Morgan fingerprint density at radius 1 is 0.329 bits per heavy atom. The molecule has 0 saturated carbocycles. The third-order valence-corrected chi connectivity index (χ3v) is 17.5. The van der Waals surface area contributed by atoms with Crippen LogP contribution in [0.1, 0.15) is 336 Å². The van der Waals surface area contributed by atoms with E-state index in [1.54, 1.807) is 0 Å². The maximum atomic E-state index is 13.0. The fourth-order valence-corrected chi connectivity index (χ4v) is 11.5. The molecule has 0 heterocycles. The average Bonchev–Trinajstić information content (AvgIpc) is 3.62. The number of hydrogen-bond acceptors (Lipinski definition) is 15. The van der Waals surface area contributed by atoms with Crippen molar-refractivity contribution in [2.45, 2.75) is 355 Å². The first-order valence-electron chi connectivity index (χ1n) is 34.7. The third kappa shape index (κ3) is 59.5. The number of aliphatic hydroxyl groups excluding tert-OH is 1. The molecule has 0 aliphatic carbocycles. The van der Waals surface area contributed by atoms with Gasteiger partial charge >= 0.3 is 39.5 Å². The second kappa shape index (κ2) is 59.7. The SMILES string of the molecule is CCCCCCCCCCCCCCCCCCCC(=O)O[C@H](COC(=O)CCCCCCCCCCCCC)COP(=O)(O)OC[C@@H](O)COP(=O)(O)OC[C@@H](COC(=O)CCCCCCCCC)OC(=O)CCCCCCCCC(C)CC. The number of aliphatic hydroxyl groups is 1. The molecule has 19 heteroatoms. The van der Waals surface area contributed by atoms with Gasteiger partial charge in [0.1, 0.15) is 19.3 Å². The predicted molar refractivity (Wildman–Crippen MR) is 340 cm³/mol. The molecule has 0 aromatic rings. The van der Waals surface area contributed by atoms with Crippen LogP contribution in [-0.2, 0) is 65.4 Å². The Bertz CT molecular complexity index is 1650. The topological polar surface area (TPSA) is 237 Å². The Balaban J connectivity index is 5.19. The van der Waals surface area contributed by atoms with E-state index >= 15 is 0 Å². The van der Waals surface area contributed by atoms with Gasteiger partial charge in [0.05, 0.1) is 26.4 Å². The monoisotopic (exact) mass is 1250 g/mol. The highest BCUT2D eigenvalue weighted by molar-refractivity contribution is 7.47. The van der Waals surface area contributed by atoms with E-state index in [1.807, 2.05) is 0 Å². The molecule has 0 aromatic heterocycles. The lowest BCUT2D eigenvalue weighted by molar-refractivity contribution is -0.161. The second-order valence-electron chi connectivity index (χ2n) is 24.1. The summed E-state index contributed by atoms with van der Waals surface area (Å²) in [6, 6.07) is 0. The number of ether oxygens (including phenoxy) is 4. The van der Waals surface area contributed by atoms with E-state index in [0.29, 0.717) is 25.7 Å². The van der Waals surface area contributed by atoms with Crippen molar-refractivity contribution >= 4 is 39.5 Å². The molecule has 0 spiro atoms. The quantitative estimate of drug-likeness (QED) is 0.0222. The zero-order chi connectivity index (χ0) is 62.8. The van der Waals surface area contributed by atoms with Crippen LogP contribution in [0.15, 0.2) is 0 Å². The number of esters is 4. The molecule has 3 unspecified atom stereocenters. The summed E-state index contributed by atoms with van der Waals surface area (Å²) >= 11 is 0. The summed E-state index contributed by atoms with van der Waals surface area (Å²) in [5.74, 6) is -1.41. The zero-order valence-corrected chi connectivity index (χ0v) is 56.5.